The molecular weight excluding hydrogens is 157 g/mol. The van der Waals surface area contributed by atoms with Gasteiger partial charge in [0.1, 0.15) is 0 Å². The average molecular weight is 166 g/mol. The lowest BCUT2D eigenvalue weighted by atomic mass is 10.0. The summed E-state index contributed by atoms with van der Waals surface area (Å²) in [4.78, 5) is 10.7. The summed E-state index contributed by atoms with van der Waals surface area (Å²) in [6.45, 7) is 5.48. The molecule has 0 aromatic rings. The van der Waals surface area contributed by atoms with Gasteiger partial charge in [-0.05, 0) is 0 Å². The number of hydrogen-bond donors (Lipinski definition) is 0. The van der Waals surface area contributed by atoms with Gasteiger partial charge in [-0.3, -0.25) is 4.79 Å². The predicted octanol–water partition coefficient (Wildman–Crippen LogP) is 2.33. The normalized spacial score (nSPS) is 11.8. The highest BCUT2D eigenvalue weighted by atomic mass is 19.4. The highest BCUT2D eigenvalue weighted by Gasteiger charge is 2.37. The lowest BCUT2D eigenvalue weighted by molar-refractivity contribution is -0.131. The van der Waals surface area contributed by atoms with Crippen LogP contribution in [-0.4, -0.2) is 12.0 Å². The number of halogens is 3. The Balaban J connectivity index is 4.40. The van der Waals surface area contributed by atoms with Crippen LogP contribution in [0.2, 0.25) is 0 Å². The van der Waals surface area contributed by atoms with Crippen LogP contribution in [0.15, 0.2) is 12.2 Å². The fraction of sp³-hybridized carbons (Fsp3) is 0.571. The van der Waals surface area contributed by atoms with E-state index < -0.39 is 23.5 Å². The molecule has 4 heteroatoms. The maximum atomic E-state index is 11.7. The number of carbonyl (C=O) groups excluding carboxylic acids is 1. The number of Topliss-reactive ketones (excluding diaryl/α,β-unsaturated/α-hetero) is 1. The van der Waals surface area contributed by atoms with Gasteiger partial charge in [0.2, 0.25) is 0 Å². The minimum atomic E-state index is -4.58. The van der Waals surface area contributed by atoms with Gasteiger partial charge in [0.05, 0.1) is 5.57 Å². The lowest BCUT2D eigenvalue weighted by Gasteiger charge is -2.10. The summed E-state index contributed by atoms with van der Waals surface area (Å²) in [5, 5.41) is 0. The van der Waals surface area contributed by atoms with Gasteiger partial charge in [0.25, 0.3) is 0 Å². The van der Waals surface area contributed by atoms with Gasteiger partial charge >= 0.3 is 6.18 Å². The molecule has 0 bridgehead atoms. The Hall–Kier alpha value is -0.800. The Morgan fingerprint density at radius 3 is 1.82 bits per heavy atom. The monoisotopic (exact) mass is 166 g/mol. The van der Waals surface area contributed by atoms with Crippen molar-refractivity contribution in [3.63, 3.8) is 0 Å². The number of allylic oxidation sites excluding steroid dienone is 1. The molecule has 0 saturated carbocycles. The van der Waals surface area contributed by atoms with E-state index in [1.807, 2.05) is 0 Å². The first-order chi connectivity index (χ1) is 4.76. The van der Waals surface area contributed by atoms with Gasteiger partial charge in [-0.1, -0.05) is 20.4 Å². The van der Waals surface area contributed by atoms with Crippen LogP contribution < -0.4 is 0 Å². The molecule has 0 aromatic heterocycles. The Labute approximate surface area is 62.9 Å². The van der Waals surface area contributed by atoms with Crippen LogP contribution in [0.4, 0.5) is 13.2 Å². The van der Waals surface area contributed by atoms with Crippen LogP contribution in [0.25, 0.3) is 0 Å². The Morgan fingerprint density at radius 2 is 1.73 bits per heavy atom. The van der Waals surface area contributed by atoms with E-state index in [1.165, 1.54) is 13.8 Å². The van der Waals surface area contributed by atoms with E-state index in [0.29, 0.717) is 0 Å². The molecule has 0 aliphatic heterocycles. The molecule has 1 nitrogen and oxygen atoms in total. The fourth-order valence-electron chi connectivity index (χ4n) is 0.488. The Kier molecular flexibility index (Phi) is 2.84. The second-order valence-electron chi connectivity index (χ2n) is 2.50. The van der Waals surface area contributed by atoms with Crippen molar-refractivity contribution in [3.8, 4) is 0 Å². The van der Waals surface area contributed by atoms with Gasteiger partial charge in [0.15, 0.2) is 5.78 Å². The summed E-state index contributed by atoms with van der Waals surface area (Å²) in [7, 11) is 0. The third-order valence-electron chi connectivity index (χ3n) is 1.16. The molecule has 0 saturated heterocycles. The largest absolute Gasteiger partial charge is 0.419 e. The first-order valence-corrected chi connectivity index (χ1v) is 3.07. The summed E-state index contributed by atoms with van der Waals surface area (Å²) in [5.41, 5.74) is -1.27. The Bertz CT molecular complexity index is 179. The smallest absolute Gasteiger partial charge is 0.294 e. The standard InChI is InChI=1S/C7H9F3O/c1-4(2)6(11)5(3)7(8,9)10/h4H,3H2,1-2H3. The molecular formula is C7H9F3O. The van der Waals surface area contributed by atoms with E-state index in [0.717, 1.165) is 0 Å². The fourth-order valence-corrected chi connectivity index (χ4v) is 0.488. The van der Waals surface area contributed by atoms with Crippen molar-refractivity contribution in [3.05, 3.63) is 12.2 Å². The summed E-state index contributed by atoms with van der Waals surface area (Å²) < 4.78 is 35.2. The summed E-state index contributed by atoms with van der Waals surface area (Å²) in [5.74, 6) is -1.60. The van der Waals surface area contributed by atoms with Gasteiger partial charge in [-0.2, -0.15) is 13.2 Å². The number of ketones is 1. The lowest BCUT2D eigenvalue weighted by Crippen LogP contribution is -2.22. The number of rotatable bonds is 2. The maximum Gasteiger partial charge on any atom is 0.419 e. The van der Waals surface area contributed by atoms with E-state index in [2.05, 4.69) is 6.58 Å². The minimum absolute atomic E-state index is 0.649. The van der Waals surface area contributed by atoms with Crippen molar-refractivity contribution >= 4 is 5.78 Å². The first-order valence-electron chi connectivity index (χ1n) is 3.07. The molecule has 0 aliphatic rings. The van der Waals surface area contributed by atoms with E-state index in [-0.39, 0.29) is 0 Å². The number of alkyl halides is 3. The van der Waals surface area contributed by atoms with Crippen molar-refractivity contribution in [2.45, 2.75) is 20.0 Å². The molecule has 11 heavy (non-hydrogen) atoms. The van der Waals surface area contributed by atoms with Crippen LogP contribution in [0.3, 0.4) is 0 Å². The van der Waals surface area contributed by atoms with Crippen LogP contribution in [-0.2, 0) is 4.79 Å². The van der Waals surface area contributed by atoms with Crippen LogP contribution in [0, 0.1) is 5.92 Å². The highest BCUT2D eigenvalue weighted by molar-refractivity contribution is 5.97. The molecule has 0 unspecified atom stereocenters. The minimum Gasteiger partial charge on any atom is -0.294 e. The molecule has 0 N–H and O–H groups in total. The third kappa shape index (κ3) is 2.74. The maximum absolute atomic E-state index is 11.7. The molecule has 0 radical (unpaired) electrons. The van der Waals surface area contributed by atoms with Crippen LogP contribution in [0.5, 0.6) is 0 Å². The summed E-state index contributed by atoms with van der Waals surface area (Å²) >= 11 is 0. The van der Waals surface area contributed by atoms with Crippen molar-refractivity contribution < 1.29 is 18.0 Å². The van der Waals surface area contributed by atoms with Gasteiger partial charge < -0.3 is 0 Å². The van der Waals surface area contributed by atoms with Gasteiger partial charge in [-0.15, -0.1) is 0 Å². The average Bonchev–Trinajstić information content (AvgIpc) is 1.82. The first kappa shape index (κ1) is 10.2. The Morgan fingerprint density at radius 1 is 1.36 bits per heavy atom. The third-order valence-corrected chi connectivity index (χ3v) is 1.16. The molecule has 0 atom stereocenters. The summed E-state index contributed by atoms with van der Waals surface area (Å²) in [6.07, 6.45) is -4.58. The molecule has 0 rings (SSSR count). The van der Waals surface area contributed by atoms with E-state index in [9.17, 15) is 18.0 Å². The highest BCUT2D eigenvalue weighted by Crippen LogP contribution is 2.26. The zero-order chi connectivity index (χ0) is 9.23. The number of carbonyl (C=O) groups is 1. The summed E-state index contributed by atoms with van der Waals surface area (Å²) in [6, 6.07) is 0. The molecule has 0 fully saturated rings. The van der Waals surface area contributed by atoms with Gasteiger partial charge in [-0.25, -0.2) is 0 Å². The predicted molar refractivity (Wildman–Crippen MR) is 35.0 cm³/mol. The molecule has 0 spiro atoms. The van der Waals surface area contributed by atoms with E-state index in [4.69, 9.17) is 0 Å². The van der Waals surface area contributed by atoms with Crippen molar-refractivity contribution in [2.75, 3.05) is 0 Å². The number of hydrogen-bond acceptors (Lipinski definition) is 1. The zero-order valence-electron chi connectivity index (χ0n) is 6.33. The van der Waals surface area contributed by atoms with Crippen molar-refractivity contribution in [1.29, 1.82) is 0 Å². The van der Waals surface area contributed by atoms with Crippen LogP contribution in [0.1, 0.15) is 13.8 Å². The quantitative estimate of drug-likeness (QED) is 0.575. The SMILES string of the molecule is C=C(C(=O)C(C)C)C(F)(F)F. The molecule has 0 heterocycles. The topological polar surface area (TPSA) is 17.1 Å². The molecule has 64 valence electrons. The zero-order valence-corrected chi connectivity index (χ0v) is 6.33. The van der Waals surface area contributed by atoms with Gasteiger partial charge in [0, 0.05) is 5.92 Å². The van der Waals surface area contributed by atoms with E-state index in [1.54, 1.807) is 0 Å². The van der Waals surface area contributed by atoms with Crippen LogP contribution >= 0.6 is 0 Å². The molecule has 0 amide bonds. The molecule has 0 aromatic carbocycles. The van der Waals surface area contributed by atoms with Crippen molar-refractivity contribution in [1.82, 2.24) is 0 Å². The second-order valence-corrected chi connectivity index (χ2v) is 2.50. The van der Waals surface area contributed by atoms with E-state index >= 15 is 0 Å². The second kappa shape index (κ2) is 3.07. The molecule has 0 aliphatic carbocycles. The van der Waals surface area contributed by atoms with Crippen molar-refractivity contribution in [2.24, 2.45) is 5.92 Å².